The largest absolute Gasteiger partial charge is 0.481 e. The van der Waals surface area contributed by atoms with Crippen LogP contribution in [-0.4, -0.2) is 46.3 Å². The highest BCUT2D eigenvalue weighted by Crippen LogP contribution is 2.38. The van der Waals surface area contributed by atoms with Crippen LogP contribution in [0.4, 0.5) is 0 Å². The van der Waals surface area contributed by atoms with Crippen LogP contribution in [-0.2, 0) is 4.79 Å². The lowest BCUT2D eigenvalue weighted by Crippen LogP contribution is -2.50. The van der Waals surface area contributed by atoms with Crippen LogP contribution in [0.25, 0.3) is 0 Å². The second-order valence-electron chi connectivity index (χ2n) is 5.94. The molecule has 2 N–H and O–H groups in total. The van der Waals surface area contributed by atoms with E-state index in [1.165, 1.54) is 0 Å². The highest BCUT2D eigenvalue weighted by molar-refractivity contribution is 5.74. The molecule has 0 aromatic rings. The van der Waals surface area contributed by atoms with Crippen molar-refractivity contribution in [2.75, 3.05) is 13.1 Å². The van der Waals surface area contributed by atoms with Crippen LogP contribution in [0.3, 0.4) is 0 Å². The molecule has 104 valence electrons. The van der Waals surface area contributed by atoms with Crippen molar-refractivity contribution in [2.24, 2.45) is 5.41 Å². The minimum Gasteiger partial charge on any atom is -0.481 e. The maximum absolute atomic E-state index is 11.5. The van der Waals surface area contributed by atoms with Crippen molar-refractivity contribution in [3.63, 3.8) is 0 Å². The standard InChI is InChI=1S/C14H25NO3/c1-2-6-14(13(17)18)7-9-15(10-8-14)11-4-3-5-12(11)16/h11-12,16H,2-10H2,1H3,(H,17,18). The number of carboxylic acids is 1. The molecule has 0 aromatic carbocycles. The third kappa shape index (κ3) is 2.54. The first-order chi connectivity index (χ1) is 8.59. The lowest BCUT2D eigenvalue weighted by Gasteiger charge is -2.42. The Kier molecular flexibility index (Phi) is 4.28. The van der Waals surface area contributed by atoms with Gasteiger partial charge in [0.1, 0.15) is 0 Å². The van der Waals surface area contributed by atoms with Crippen molar-refractivity contribution in [1.29, 1.82) is 0 Å². The molecule has 1 heterocycles. The fourth-order valence-corrected chi connectivity index (χ4v) is 3.68. The maximum atomic E-state index is 11.5. The predicted molar refractivity (Wildman–Crippen MR) is 69.4 cm³/mol. The van der Waals surface area contributed by atoms with Crippen LogP contribution in [0, 0.1) is 5.41 Å². The Bertz CT molecular complexity index is 297. The fourth-order valence-electron chi connectivity index (χ4n) is 3.68. The average molecular weight is 255 g/mol. The first-order valence-corrected chi connectivity index (χ1v) is 7.24. The molecule has 1 aliphatic carbocycles. The Balaban J connectivity index is 1.95. The second kappa shape index (κ2) is 5.57. The molecule has 0 amide bonds. The van der Waals surface area contributed by atoms with E-state index in [2.05, 4.69) is 11.8 Å². The van der Waals surface area contributed by atoms with Crippen LogP contribution in [0.5, 0.6) is 0 Å². The molecule has 2 unspecified atom stereocenters. The van der Waals surface area contributed by atoms with Crippen LogP contribution in [0.15, 0.2) is 0 Å². The summed E-state index contributed by atoms with van der Waals surface area (Å²) in [7, 11) is 0. The van der Waals surface area contributed by atoms with Crippen molar-refractivity contribution >= 4 is 5.97 Å². The third-order valence-electron chi connectivity index (χ3n) is 4.85. The van der Waals surface area contributed by atoms with E-state index >= 15 is 0 Å². The third-order valence-corrected chi connectivity index (χ3v) is 4.85. The van der Waals surface area contributed by atoms with Gasteiger partial charge in [-0.3, -0.25) is 9.69 Å². The normalized spacial score (nSPS) is 32.6. The lowest BCUT2D eigenvalue weighted by molar-refractivity contribution is -0.153. The lowest BCUT2D eigenvalue weighted by atomic mass is 9.74. The van der Waals surface area contributed by atoms with Gasteiger partial charge in [-0.1, -0.05) is 13.3 Å². The number of carboxylic acid groups (broad SMARTS) is 1. The quantitative estimate of drug-likeness (QED) is 0.805. The smallest absolute Gasteiger partial charge is 0.309 e. The highest BCUT2D eigenvalue weighted by Gasteiger charge is 2.43. The van der Waals surface area contributed by atoms with Gasteiger partial charge in [0.15, 0.2) is 0 Å². The number of carbonyl (C=O) groups is 1. The number of aliphatic carboxylic acids is 1. The van der Waals surface area contributed by atoms with Gasteiger partial charge in [0.25, 0.3) is 0 Å². The van der Waals surface area contributed by atoms with Crippen molar-refractivity contribution in [3.05, 3.63) is 0 Å². The van der Waals surface area contributed by atoms with Crippen LogP contribution >= 0.6 is 0 Å². The number of hydrogen-bond acceptors (Lipinski definition) is 3. The summed E-state index contributed by atoms with van der Waals surface area (Å²) in [6.45, 7) is 3.71. The highest BCUT2D eigenvalue weighted by atomic mass is 16.4. The van der Waals surface area contributed by atoms with Crippen molar-refractivity contribution < 1.29 is 15.0 Å². The SMILES string of the molecule is CCCC1(C(=O)O)CCN(C2CCCC2O)CC1. The molecular weight excluding hydrogens is 230 g/mol. The summed E-state index contributed by atoms with van der Waals surface area (Å²) in [6.07, 6.45) is 6.05. The average Bonchev–Trinajstić information content (AvgIpc) is 2.77. The first-order valence-electron chi connectivity index (χ1n) is 7.24. The first kappa shape index (κ1) is 13.8. The monoisotopic (exact) mass is 255 g/mol. The molecule has 0 spiro atoms. The summed E-state index contributed by atoms with van der Waals surface area (Å²) in [6, 6.07) is 0.276. The summed E-state index contributed by atoms with van der Waals surface area (Å²) in [4.78, 5) is 13.8. The zero-order valence-corrected chi connectivity index (χ0v) is 11.3. The number of rotatable bonds is 4. The van der Waals surface area contributed by atoms with Crippen molar-refractivity contribution in [1.82, 2.24) is 4.90 Å². The molecule has 2 fully saturated rings. The summed E-state index contributed by atoms with van der Waals surface area (Å²) in [5.74, 6) is -0.629. The van der Waals surface area contributed by atoms with Crippen LogP contribution in [0.1, 0.15) is 51.9 Å². The molecule has 2 atom stereocenters. The molecule has 1 saturated heterocycles. The summed E-state index contributed by atoms with van der Waals surface area (Å²) in [5, 5.41) is 19.4. The zero-order chi connectivity index (χ0) is 13.2. The van der Waals surface area contributed by atoms with Gasteiger partial charge in [-0.25, -0.2) is 0 Å². The summed E-state index contributed by atoms with van der Waals surface area (Å²) >= 11 is 0. The molecular formula is C14H25NO3. The molecule has 1 saturated carbocycles. The van der Waals surface area contributed by atoms with E-state index in [4.69, 9.17) is 0 Å². The summed E-state index contributed by atoms with van der Waals surface area (Å²) in [5.41, 5.74) is -0.505. The predicted octanol–water partition coefficient (Wildman–Crippen LogP) is 1.87. The Hall–Kier alpha value is -0.610. The van der Waals surface area contributed by atoms with Gasteiger partial charge < -0.3 is 10.2 Å². The second-order valence-corrected chi connectivity index (χ2v) is 5.94. The van der Waals surface area contributed by atoms with Crippen molar-refractivity contribution in [3.8, 4) is 0 Å². The number of nitrogens with zero attached hydrogens (tertiary/aromatic N) is 1. The molecule has 0 aromatic heterocycles. The van der Waals surface area contributed by atoms with Gasteiger partial charge in [-0.2, -0.15) is 0 Å². The molecule has 0 radical (unpaired) electrons. The minimum atomic E-state index is -0.629. The molecule has 18 heavy (non-hydrogen) atoms. The Morgan fingerprint density at radius 3 is 2.44 bits per heavy atom. The molecule has 4 heteroatoms. The molecule has 2 rings (SSSR count). The topological polar surface area (TPSA) is 60.8 Å². The van der Waals surface area contributed by atoms with Crippen LogP contribution < -0.4 is 0 Å². The number of piperidine rings is 1. The summed E-state index contributed by atoms with van der Waals surface area (Å²) < 4.78 is 0. The van der Waals surface area contributed by atoms with Gasteiger partial charge >= 0.3 is 5.97 Å². The number of hydrogen-bond donors (Lipinski definition) is 2. The number of aliphatic hydroxyl groups excluding tert-OH is 1. The van der Waals surface area contributed by atoms with E-state index in [-0.39, 0.29) is 12.1 Å². The van der Waals surface area contributed by atoms with Gasteiger partial charge in [-0.15, -0.1) is 0 Å². The van der Waals surface area contributed by atoms with E-state index in [9.17, 15) is 15.0 Å². The minimum absolute atomic E-state index is 0.200. The molecule has 4 nitrogen and oxygen atoms in total. The fraction of sp³-hybridized carbons (Fsp3) is 0.929. The van der Waals surface area contributed by atoms with Crippen molar-refractivity contribution in [2.45, 2.75) is 64.0 Å². The molecule has 1 aliphatic heterocycles. The Labute approximate surface area is 109 Å². The van der Waals surface area contributed by atoms with Gasteiger partial charge in [0, 0.05) is 6.04 Å². The van der Waals surface area contributed by atoms with Crippen LogP contribution in [0.2, 0.25) is 0 Å². The Morgan fingerprint density at radius 1 is 1.33 bits per heavy atom. The maximum Gasteiger partial charge on any atom is 0.309 e. The van der Waals surface area contributed by atoms with Gasteiger partial charge in [0.05, 0.1) is 11.5 Å². The van der Waals surface area contributed by atoms with E-state index in [0.29, 0.717) is 0 Å². The molecule has 0 bridgehead atoms. The molecule has 2 aliphatic rings. The van der Waals surface area contributed by atoms with E-state index in [0.717, 1.165) is 58.0 Å². The van der Waals surface area contributed by atoms with Gasteiger partial charge in [0.2, 0.25) is 0 Å². The van der Waals surface area contributed by atoms with E-state index in [1.54, 1.807) is 0 Å². The Morgan fingerprint density at radius 2 is 2.00 bits per heavy atom. The zero-order valence-electron chi connectivity index (χ0n) is 11.3. The number of aliphatic hydroxyl groups is 1. The number of likely N-dealkylation sites (tertiary alicyclic amines) is 1. The van der Waals surface area contributed by atoms with E-state index in [1.807, 2.05) is 0 Å². The van der Waals surface area contributed by atoms with Gasteiger partial charge in [-0.05, 0) is 51.6 Å². The van der Waals surface area contributed by atoms with E-state index < -0.39 is 11.4 Å².